The summed E-state index contributed by atoms with van der Waals surface area (Å²) < 4.78 is 5.80. The smallest absolute Gasteiger partial charge is 0.271 e. The van der Waals surface area contributed by atoms with Crippen molar-refractivity contribution in [3.8, 4) is 5.75 Å². The van der Waals surface area contributed by atoms with Crippen LogP contribution in [0, 0.1) is 0 Å². The van der Waals surface area contributed by atoms with Crippen LogP contribution in [0.15, 0.2) is 48.5 Å². The van der Waals surface area contributed by atoms with E-state index in [9.17, 15) is 14.4 Å². The summed E-state index contributed by atoms with van der Waals surface area (Å²) >= 11 is 0. The zero-order chi connectivity index (χ0) is 19.6. The quantitative estimate of drug-likeness (QED) is 0.823. The van der Waals surface area contributed by atoms with E-state index in [2.05, 4.69) is 5.32 Å². The lowest BCUT2D eigenvalue weighted by Gasteiger charge is -2.38. The zero-order valence-electron chi connectivity index (χ0n) is 15.6. The number of nitrogens with zero attached hydrogens (tertiary/aromatic N) is 1. The van der Waals surface area contributed by atoms with Crippen LogP contribution in [0.1, 0.15) is 37.6 Å². The number of carbonyl (C=O) groups is 3. The van der Waals surface area contributed by atoms with Crippen molar-refractivity contribution in [2.75, 3.05) is 16.8 Å². The van der Waals surface area contributed by atoms with Crippen LogP contribution >= 0.6 is 0 Å². The number of rotatable bonds is 5. The molecule has 0 atom stereocenters. The molecule has 1 aliphatic rings. The molecule has 2 aromatic carbocycles. The van der Waals surface area contributed by atoms with E-state index >= 15 is 0 Å². The van der Waals surface area contributed by atoms with Gasteiger partial charge >= 0.3 is 0 Å². The Morgan fingerprint density at radius 2 is 1.81 bits per heavy atom. The monoisotopic (exact) mass is 366 g/mol. The maximum absolute atomic E-state index is 12.9. The third-order valence-electron chi connectivity index (χ3n) is 4.38. The van der Waals surface area contributed by atoms with Gasteiger partial charge in [0, 0.05) is 17.7 Å². The van der Waals surface area contributed by atoms with E-state index in [4.69, 9.17) is 4.74 Å². The number of fused-ring (bicyclic) bond motifs is 1. The Bertz CT molecular complexity index is 890. The molecule has 1 heterocycles. The lowest BCUT2D eigenvalue weighted by atomic mass is 10.0. The number of ketones is 1. The van der Waals surface area contributed by atoms with Crippen molar-refractivity contribution >= 4 is 29.0 Å². The second kappa shape index (κ2) is 7.23. The van der Waals surface area contributed by atoms with Gasteiger partial charge in [0.05, 0.1) is 5.69 Å². The van der Waals surface area contributed by atoms with Crippen molar-refractivity contribution < 1.29 is 19.1 Å². The molecule has 140 valence electrons. The van der Waals surface area contributed by atoms with Crippen LogP contribution in [-0.4, -0.2) is 29.7 Å². The van der Waals surface area contributed by atoms with Gasteiger partial charge in [0.25, 0.3) is 5.91 Å². The first-order valence-corrected chi connectivity index (χ1v) is 8.85. The van der Waals surface area contributed by atoms with Crippen LogP contribution in [0.4, 0.5) is 11.4 Å². The highest BCUT2D eigenvalue weighted by Gasteiger charge is 2.41. The standard InChI is InChI=1S/C21H22N2O4/c1-4-17(24)14-10-11-18-16(12-14)23(20(26)21(2,3)27-18)13-19(25)22-15-8-6-5-7-9-15/h5-12H,4,13H2,1-3H3,(H,22,25). The molecule has 0 fully saturated rings. The summed E-state index contributed by atoms with van der Waals surface area (Å²) in [5, 5.41) is 2.78. The summed E-state index contributed by atoms with van der Waals surface area (Å²) in [5.74, 6) is -0.228. The van der Waals surface area contributed by atoms with E-state index in [-0.39, 0.29) is 24.1 Å². The van der Waals surface area contributed by atoms with Gasteiger partial charge in [-0.3, -0.25) is 19.3 Å². The normalized spacial score (nSPS) is 14.9. The molecule has 27 heavy (non-hydrogen) atoms. The fraction of sp³-hybridized carbons (Fsp3) is 0.286. The lowest BCUT2D eigenvalue weighted by molar-refractivity contribution is -0.133. The molecule has 0 aromatic heterocycles. The molecule has 2 amide bonds. The van der Waals surface area contributed by atoms with Gasteiger partial charge in [0.15, 0.2) is 11.4 Å². The molecule has 1 N–H and O–H groups in total. The second-order valence-electron chi connectivity index (χ2n) is 6.88. The van der Waals surface area contributed by atoms with Gasteiger partial charge in [0.1, 0.15) is 12.3 Å². The molecule has 0 saturated heterocycles. The van der Waals surface area contributed by atoms with Gasteiger partial charge in [-0.25, -0.2) is 0 Å². The van der Waals surface area contributed by atoms with E-state index in [1.807, 2.05) is 18.2 Å². The van der Waals surface area contributed by atoms with Crippen molar-refractivity contribution in [1.82, 2.24) is 0 Å². The van der Waals surface area contributed by atoms with Crippen molar-refractivity contribution in [3.05, 3.63) is 54.1 Å². The average Bonchev–Trinajstić information content (AvgIpc) is 2.65. The Hall–Kier alpha value is -3.15. The molecular formula is C21H22N2O4. The average molecular weight is 366 g/mol. The van der Waals surface area contributed by atoms with Crippen molar-refractivity contribution in [1.29, 1.82) is 0 Å². The number of nitrogens with one attached hydrogen (secondary N) is 1. The number of Topliss-reactive ketones (excluding diaryl/α,β-unsaturated/α-hetero) is 1. The van der Waals surface area contributed by atoms with Gasteiger partial charge in [0.2, 0.25) is 5.91 Å². The predicted octanol–water partition coefficient (Wildman–Crippen LogP) is 3.42. The first kappa shape index (κ1) is 18.6. The van der Waals surface area contributed by atoms with E-state index < -0.39 is 5.60 Å². The molecule has 0 bridgehead atoms. The topological polar surface area (TPSA) is 75.7 Å². The van der Waals surface area contributed by atoms with Crippen molar-refractivity contribution in [2.24, 2.45) is 0 Å². The zero-order valence-corrected chi connectivity index (χ0v) is 15.6. The molecule has 0 saturated carbocycles. The SMILES string of the molecule is CCC(=O)c1ccc2c(c1)N(CC(=O)Nc1ccccc1)C(=O)C(C)(C)O2. The van der Waals surface area contributed by atoms with Gasteiger partial charge in [-0.1, -0.05) is 25.1 Å². The van der Waals surface area contributed by atoms with Crippen LogP contribution in [0.5, 0.6) is 5.75 Å². The first-order chi connectivity index (χ1) is 12.8. The number of hydrogen-bond donors (Lipinski definition) is 1. The Kier molecular flexibility index (Phi) is 4.99. The molecule has 0 unspecified atom stereocenters. The maximum Gasteiger partial charge on any atom is 0.271 e. The van der Waals surface area contributed by atoms with Crippen molar-refractivity contribution in [3.63, 3.8) is 0 Å². The fourth-order valence-electron chi connectivity index (χ4n) is 2.97. The minimum absolute atomic E-state index is 0.0382. The molecule has 6 heteroatoms. The molecule has 6 nitrogen and oxygen atoms in total. The number of amides is 2. The first-order valence-electron chi connectivity index (χ1n) is 8.85. The number of ether oxygens (including phenoxy) is 1. The third-order valence-corrected chi connectivity index (χ3v) is 4.38. The molecule has 1 aliphatic heterocycles. The highest BCUT2D eigenvalue weighted by molar-refractivity contribution is 6.08. The number of carbonyl (C=O) groups excluding carboxylic acids is 3. The summed E-state index contributed by atoms with van der Waals surface area (Å²) in [6.07, 6.45) is 0.355. The van der Waals surface area contributed by atoms with Gasteiger partial charge < -0.3 is 10.1 Å². The van der Waals surface area contributed by atoms with Gasteiger partial charge in [-0.2, -0.15) is 0 Å². The predicted molar refractivity (Wildman–Crippen MR) is 103 cm³/mol. The van der Waals surface area contributed by atoms with E-state index in [1.54, 1.807) is 51.1 Å². The fourth-order valence-corrected chi connectivity index (χ4v) is 2.97. The van der Waals surface area contributed by atoms with Gasteiger partial charge in [-0.15, -0.1) is 0 Å². The summed E-state index contributed by atoms with van der Waals surface area (Å²) in [7, 11) is 0. The molecule has 0 aliphatic carbocycles. The summed E-state index contributed by atoms with van der Waals surface area (Å²) in [6, 6.07) is 14.0. The minimum Gasteiger partial charge on any atom is -0.476 e. The maximum atomic E-state index is 12.9. The molecule has 3 rings (SSSR count). The Morgan fingerprint density at radius 1 is 1.11 bits per heavy atom. The van der Waals surface area contributed by atoms with Crippen LogP contribution in [-0.2, 0) is 9.59 Å². The van der Waals surface area contributed by atoms with Crippen LogP contribution in [0.25, 0.3) is 0 Å². The Morgan fingerprint density at radius 3 is 2.48 bits per heavy atom. The number of benzene rings is 2. The van der Waals surface area contributed by atoms with Gasteiger partial charge in [-0.05, 0) is 44.2 Å². The molecule has 2 aromatic rings. The number of anilines is 2. The number of para-hydroxylation sites is 1. The lowest BCUT2D eigenvalue weighted by Crippen LogP contribution is -2.54. The summed E-state index contributed by atoms with van der Waals surface area (Å²) in [6.45, 7) is 4.92. The Labute approximate surface area is 158 Å². The second-order valence-corrected chi connectivity index (χ2v) is 6.88. The minimum atomic E-state index is -1.10. The largest absolute Gasteiger partial charge is 0.476 e. The molecule has 0 spiro atoms. The molecule has 0 radical (unpaired) electrons. The van der Waals surface area contributed by atoms with Crippen molar-refractivity contribution in [2.45, 2.75) is 32.8 Å². The molecular weight excluding hydrogens is 344 g/mol. The van der Waals surface area contributed by atoms with Crippen LogP contribution in [0.2, 0.25) is 0 Å². The van der Waals surface area contributed by atoms with E-state index in [0.717, 1.165) is 0 Å². The van der Waals surface area contributed by atoms with Crippen LogP contribution < -0.4 is 15.0 Å². The summed E-state index contributed by atoms with van der Waals surface area (Å²) in [4.78, 5) is 38.8. The highest BCUT2D eigenvalue weighted by Crippen LogP contribution is 2.38. The van der Waals surface area contributed by atoms with Crippen LogP contribution in [0.3, 0.4) is 0 Å². The van der Waals surface area contributed by atoms with E-state index in [1.165, 1.54) is 4.90 Å². The Balaban J connectivity index is 1.92. The van der Waals surface area contributed by atoms with E-state index in [0.29, 0.717) is 29.1 Å². The summed E-state index contributed by atoms with van der Waals surface area (Å²) in [5.41, 5.74) is 0.469. The third kappa shape index (κ3) is 3.84. The highest BCUT2D eigenvalue weighted by atomic mass is 16.5. The number of hydrogen-bond acceptors (Lipinski definition) is 4.